The number of rotatable bonds is 2. The number of para-hydroxylation sites is 1. The first-order valence-corrected chi connectivity index (χ1v) is 4.10. The third-order valence-electron chi connectivity index (χ3n) is 1.64. The first-order valence-electron chi connectivity index (χ1n) is 3.73. The fourth-order valence-corrected chi connectivity index (χ4v) is 1.26. The quantitative estimate of drug-likeness (QED) is 0.601. The summed E-state index contributed by atoms with van der Waals surface area (Å²) in [5.74, 6) is -0.529. The van der Waals surface area contributed by atoms with Crippen LogP contribution in [-0.4, -0.2) is 17.9 Å². The maximum absolute atomic E-state index is 11.2. The Kier molecular flexibility index (Phi) is 3.03. The Morgan fingerprint density at radius 2 is 2.21 bits per heavy atom. The van der Waals surface area contributed by atoms with Crippen molar-refractivity contribution in [1.29, 1.82) is 0 Å². The highest BCUT2D eigenvalue weighted by Gasteiger charge is 2.22. The van der Waals surface area contributed by atoms with E-state index in [9.17, 15) is 14.9 Å². The minimum Gasteiger partial charge on any atom is -0.355 e. The van der Waals surface area contributed by atoms with Crippen molar-refractivity contribution in [2.45, 2.75) is 0 Å². The number of halogens is 1. The highest BCUT2D eigenvalue weighted by Crippen LogP contribution is 2.27. The molecule has 0 heterocycles. The lowest BCUT2D eigenvalue weighted by Gasteiger charge is -2.01. The molecule has 1 rings (SSSR count). The van der Waals surface area contributed by atoms with Gasteiger partial charge in [-0.25, -0.2) is 0 Å². The average molecular weight is 215 g/mol. The van der Waals surface area contributed by atoms with Gasteiger partial charge in [0.15, 0.2) is 0 Å². The predicted molar refractivity (Wildman–Crippen MR) is 51.5 cm³/mol. The van der Waals surface area contributed by atoms with Gasteiger partial charge in [0.2, 0.25) is 0 Å². The van der Waals surface area contributed by atoms with Crippen molar-refractivity contribution in [2.75, 3.05) is 7.05 Å². The van der Waals surface area contributed by atoms with Crippen LogP contribution in [0, 0.1) is 10.1 Å². The Bertz CT molecular complexity index is 392. The van der Waals surface area contributed by atoms with Gasteiger partial charge in [0.05, 0.1) is 4.92 Å². The highest BCUT2D eigenvalue weighted by molar-refractivity contribution is 6.33. The molecule has 0 aliphatic rings. The van der Waals surface area contributed by atoms with Crippen LogP contribution >= 0.6 is 11.6 Å². The van der Waals surface area contributed by atoms with Crippen molar-refractivity contribution < 1.29 is 9.72 Å². The second kappa shape index (κ2) is 4.06. The first-order chi connectivity index (χ1) is 6.57. The standard InChI is InChI=1S/C8H7ClN2O3/c1-10-8(12)5-3-2-4-6(9)7(5)11(13)14/h2-4H,1H3,(H,10,12). The predicted octanol–water partition coefficient (Wildman–Crippen LogP) is 1.61. The second-order valence-corrected chi connectivity index (χ2v) is 2.88. The third-order valence-corrected chi connectivity index (χ3v) is 1.95. The Balaban J connectivity index is 3.35. The minimum absolute atomic E-state index is 0.0370. The van der Waals surface area contributed by atoms with Gasteiger partial charge in [0.1, 0.15) is 10.6 Å². The highest BCUT2D eigenvalue weighted by atomic mass is 35.5. The van der Waals surface area contributed by atoms with Gasteiger partial charge >= 0.3 is 5.69 Å². The molecule has 0 atom stereocenters. The number of nitro benzene ring substituents is 1. The fourth-order valence-electron chi connectivity index (χ4n) is 1.02. The Hall–Kier alpha value is -1.62. The van der Waals surface area contributed by atoms with E-state index < -0.39 is 10.8 Å². The number of nitro groups is 1. The van der Waals surface area contributed by atoms with Crippen molar-refractivity contribution >= 4 is 23.2 Å². The molecule has 0 aliphatic heterocycles. The van der Waals surface area contributed by atoms with Gasteiger partial charge in [0.25, 0.3) is 5.91 Å². The average Bonchev–Trinajstić information content (AvgIpc) is 2.15. The normalized spacial score (nSPS) is 9.57. The van der Waals surface area contributed by atoms with Crippen molar-refractivity contribution in [2.24, 2.45) is 0 Å². The first kappa shape index (κ1) is 10.5. The summed E-state index contributed by atoms with van der Waals surface area (Å²) < 4.78 is 0. The Morgan fingerprint density at radius 3 is 2.71 bits per heavy atom. The van der Waals surface area contributed by atoms with Crippen LogP contribution in [0.2, 0.25) is 5.02 Å². The van der Waals surface area contributed by atoms with Crippen LogP contribution in [0.3, 0.4) is 0 Å². The number of benzene rings is 1. The van der Waals surface area contributed by atoms with E-state index in [0.717, 1.165) is 0 Å². The zero-order valence-electron chi connectivity index (χ0n) is 7.28. The molecular weight excluding hydrogens is 208 g/mol. The molecule has 1 amide bonds. The zero-order valence-corrected chi connectivity index (χ0v) is 8.04. The van der Waals surface area contributed by atoms with Crippen LogP contribution in [0.5, 0.6) is 0 Å². The second-order valence-electron chi connectivity index (χ2n) is 2.47. The van der Waals surface area contributed by atoms with Crippen molar-refractivity contribution in [1.82, 2.24) is 5.32 Å². The number of hydrogen-bond acceptors (Lipinski definition) is 3. The van der Waals surface area contributed by atoms with Gasteiger partial charge in [-0.05, 0) is 12.1 Å². The van der Waals surface area contributed by atoms with Crippen LogP contribution in [0.25, 0.3) is 0 Å². The lowest BCUT2D eigenvalue weighted by molar-refractivity contribution is -0.385. The summed E-state index contributed by atoms with van der Waals surface area (Å²) in [7, 11) is 1.40. The molecule has 0 fully saturated rings. The van der Waals surface area contributed by atoms with Crippen LogP contribution in [0.15, 0.2) is 18.2 Å². The van der Waals surface area contributed by atoms with E-state index in [4.69, 9.17) is 11.6 Å². The number of carbonyl (C=O) groups excluding carboxylic acids is 1. The molecule has 5 nitrogen and oxygen atoms in total. The SMILES string of the molecule is CNC(=O)c1cccc(Cl)c1[N+](=O)[O-]. The summed E-state index contributed by atoms with van der Waals surface area (Å²) in [6, 6.07) is 4.20. The van der Waals surface area contributed by atoms with Crippen molar-refractivity contribution in [3.05, 3.63) is 38.9 Å². The van der Waals surface area contributed by atoms with E-state index in [2.05, 4.69) is 5.32 Å². The number of nitrogens with zero attached hydrogens (tertiary/aromatic N) is 1. The van der Waals surface area contributed by atoms with Gasteiger partial charge in [-0.1, -0.05) is 17.7 Å². The summed E-state index contributed by atoms with van der Waals surface area (Å²) in [6.45, 7) is 0. The van der Waals surface area contributed by atoms with Gasteiger partial charge in [-0.3, -0.25) is 14.9 Å². The molecule has 0 saturated carbocycles. The maximum Gasteiger partial charge on any atom is 0.300 e. The zero-order chi connectivity index (χ0) is 10.7. The maximum atomic E-state index is 11.2. The van der Waals surface area contributed by atoms with Crippen LogP contribution in [0.1, 0.15) is 10.4 Å². The number of nitrogens with one attached hydrogen (secondary N) is 1. The number of amides is 1. The van der Waals surface area contributed by atoms with Crippen molar-refractivity contribution in [3.8, 4) is 0 Å². The Morgan fingerprint density at radius 1 is 1.57 bits per heavy atom. The topological polar surface area (TPSA) is 72.2 Å². The van der Waals surface area contributed by atoms with Crippen LogP contribution in [0.4, 0.5) is 5.69 Å². The number of hydrogen-bond donors (Lipinski definition) is 1. The van der Waals surface area contributed by atoms with E-state index in [1.807, 2.05) is 0 Å². The van der Waals surface area contributed by atoms with Gasteiger partial charge in [-0.15, -0.1) is 0 Å². The summed E-state index contributed by atoms with van der Waals surface area (Å²) >= 11 is 5.60. The van der Waals surface area contributed by atoms with E-state index >= 15 is 0 Å². The van der Waals surface area contributed by atoms with Gasteiger partial charge < -0.3 is 5.32 Å². The van der Waals surface area contributed by atoms with E-state index in [1.165, 1.54) is 25.2 Å². The molecule has 0 aromatic heterocycles. The minimum atomic E-state index is -0.674. The molecule has 0 bridgehead atoms. The molecule has 0 spiro atoms. The molecule has 6 heteroatoms. The van der Waals surface area contributed by atoms with Crippen LogP contribution in [-0.2, 0) is 0 Å². The monoisotopic (exact) mass is 214 g/mol. The lowest BCUT2D eigenvalue weighted by atomic mass is 10.1. The van der Waals surface area contributed by atoms with E-state index in [1.54, 1.807) is 0 Å². The molecule has 0 aliphatic carbocycles. The van der Waals surface area contributed by atoms with E-state index in [-0.39, 0.29) is 16.3 Å². The largest absolute Gasteiger partial charge is 0.355 e. The molecule has 0 unspecified atom stereocenters. The molecule has 0 saturated heterocycles. The molecule has 1 aromatic carbocycles. The van der Waals surface area contributed by atoms with Gasteiger partial charge in [-0.2, -0.15) is 0 Å². The third kappa shape index (κ3) is 1.82. The molecular formula is C8H7ClN2O3. The smallest absolute Gasteiger partial charge is 0.300 e. The van der Waals surface area contributed by atoms with Gasteiger partial charge in [0, 0.05) is 7.05 Å². The molecule has 1 aromatic rings. The molecule has 0 radical (unpaired) electrons. The summed E-state index contributed by atoms with van der Waals surface area (Å²) in [6.07, 6.45) is 0. The molecule has 74 valence electrons. The fraction of sp³-hybridized carbons (Fsp3) is 0.125. The van der Waals surface area contributed by atoms with E-state index in [0.29, 0.717) is 0 Å². The summed E-state index contributed by atoms with van der Waals surface area (Å²) in [4.78, 5) is 21.1. The molecule has 14 heavy (non-hydrogen) atoms. The summed E-state index contributed by atoms with van der Waals surface area (Å²) in [5.41, 5.74) is -0.404. The van der Waals surface area contributed by atoms with Crippen molar-refractivity contribution in [3.63, 3.8) is 0 Å². The Labute approximate surface area is 84.8 Å². The molecule has 1 N–H and O–H groups in total. The lowest BCUT2D eigenvalue weighted by Crippen LogP contribution is -2.19. The number of carbonyl (C=O) groups is 1. The summed E-state index contributed by atoms with van der Waals surface area (Å²) in [5, 5.41) is 12.9. The van der Waals surface area contributed by atoms with Crippen LogP contribution < -0.4 is 5.32 Å².